The SMILES string of the molecule is COc1cc(C)c(/C(O)=C2\C(=O)C(=O)N(CCN(C)C)C2c2cccc(OC(C)C)c2)cc1C. The van der Waals surface area contributed by atoms with Crippen molar-refractivity contribution in [3.63, 3.8) is 0 Å². The van der Waals surface area contributed by atoms with Crippen LogP contribution in [0.25, 0.3) is 5.76 Å². The first-order chi connectivity index (χ1) is 16.0. The molecule has 0 bridgehead atoms. The lowest BCUT2D eigenvalue weighted by molar-refractivity contribution is -0.140. The van der Waals surface area contributed by atoms with E-state index in [1.54, 1.807) is 13.2 Å². The lowest BCUT2D eigenvalue weighted by Crippen LogP contribution is -2.35. The smallest absolute Gasteiger partial charge is 0.295 e. The van der Waals surface area contributed by atoms with Gasteiger partial charge in [-0.2, -0.15) is 0 Å². The molecule has 0 spiro atoms. The van der Waals surface area contributed by atoms with Crippen LogP contribution in [0.2, 0.25) is 0 Å². The molecule has 1 saturated heterocycles. The van der Waals surface area contributed by atoms with Crippen LogP contribution in [-0.2, 0) is 9.59 Å². The summed E-state index contributed by atoms with van der Waals surface area (Å²) >= 11 is 0. The van der Waals surface area contributed by atoms with Crippen LogP contribution in [0.4, 0.5) is 0 Å². The largest absolute Gasteiger partial charge is 0.507 e. The number of hydrogen-bond acceptors (Lipinski definition) is 6. The van der Waals surface area contributed by atoms with Gasteiger partial charge < -0.3 is 24.4 Å². The summed E-state index contributed by atoms with van der Waals surface area (Å²) in [6, 6.07) is 10.2. The standard InChI is InChI=1S/C27H34N2O5/c1-16(2)34-20-10-8-9-19(15-20)24-23(26(31)27(32)29(24)12-11-28(5)6)25(30)21-13-18(4)22(33-7)14-17(21)3/h8-10,13-16,24,30H,11-12H2,1-7H3/b25-23+. The highest BCUT2D eigenvalue weighted by molar-refractivity contribution is 6.46. The Bertz CT molecular complexity index is 1120. The van der Waals surface area contributed by atoms with E-state index in [1.807, 2.05) is 77.0 Å². The van der Waals surface area contributed by atoms with Crippen molar-refractivity contribution in [2.24, 2.45) is 0 Å². The van der Waals surface area contributed by atoms with Gasteiger partial charge in [0, 0.05) is 18.7 Å². The zero-order valence-electron chi connectivity index (χ0n) is 21.0. The molecule has 0 saturated carbocycles. The molecule has 1 amide bonds. The Morgan fingerprint density at radius 1 is 1.12 bits per heavy atom. The quantitative estimate of drug-likeness (QED) is 0.359. The van der Waals surface area contributed by atoms with Crippen LogP contribution in [0.3, 0.4) is 0 Å². The van der Waals surface area contributed by atoms with E-state index < -0.39 is 17.7 Å². The normalized spacial score (nSPS) is 17.7. The topological polar surface area (TPSA) is 79.3 Å². The lowest BCUT2D eigenvalue weighted by atomic mass is 9.93. The fourth-order valence-electron chi connectivity index (χ4n) is 4.20. The maximum Gasteiger partial charge on any atom is 0.295 e. The van der Waals surface area contributed by atoms with Crippen molar-refractivity contribution in [2.45, 2.75) is 39.8 Å². The van der Waals surface area contributed by atoms with Crippen LogP contribution in [0.15, 0.2) is 42.0 Å². The van der Waals surface area contributed by atoms with Gasteiger partial charge in [-0.05, 0) is 82.7 Å². The highest BCUT2D eigenvalue weighted by Crippen LogP contribution is 2.41. The summed E-state index contributed by atoms with van der Waals surface area (Å²) in [6.07, 6.45) is -0.0275. The average molecular weight is 467 g/mol. The number of likely N-dealkylation sites (N-methyl/N-ethyl adjacent to an activating group) is 1. The van der Waals surface area contributed by atoms with Crippen molar-refractivity contribution < 1.29 is 24.2 Å². The maximum atomic E-state index is 13.3. The van der Waals surface area contributed by atoms with E-state index in [1.165, 1.54) is 4.90 Å². The number of aryl methyl sites for hydroxylation is 2. The number of aliphatic hydroxyl groups is 1. The summed E-state index contributed by atoms with van der Waals surface area (Å²) in [5, 5.41) is 11.4. The number of nitrogens with zero attached hydrogens (tertiary/aromatic N) is 2. The Kier molecular flexibility index (Phi) is 7.67. The maximum absolute atomic E-state index is 13.3. The number of ketones is 1. The molecule has 0 aliphatic carbocycles. The number of carbonyl (C=O) groups is 2. The molecule has 182 valence electrons. The van der Waals surface area contributed by atoms with Crippen molar-refractivity contribution >= 4 is 17.4 Å². The van der Waals surface area contributed by atoms with Gasteiger partial charge in [-0.1, -0.05) is 12.1 Å². The van der Waals surface area contributed by atoms with Gasteiger partial charge in [0.05, 0.1) is 24.8 Å². The number of aliphatic hydroxyl groups excluding tert-OH is 1. The second-order valence-electron chi connectivity index (χ2n) is 9.17. The third-order valence-electron chi connectivity index (χ3n) is 5.87. The van der Waals surface area contributed by atoms with E-state index in [9.17, 15) is 14.7 Å². The number of hydrogen-bond donors (Lipinski definition) is 1. The minimum atomic E-state index is -0.725. The first-order valence-electron chi connectivity index (χ1n) is 11.4. The van der Waals surface area contributed by atoms with Crippen LogP contribution < -0.4 is 9.47 Å². The van der Waals surface area contributed by atoms with Gasteiger partial charge in [0.1, 0.15) is 17.3 Å². The molecule has 1 heterocycles. The van der Waals surface area contributed by atoms with E-state index in [2.05, 4.69) is 0 Å². The van der Waals surface area contributed by atoms with E-state index in [-0.39, 0.29) is 17.4 Å². The zero-order valence-corrected chi connectivity index (χ0v) is 21.0. The average Bonchev–Trinajstić information content (AvgIpc) is 3.03. The van der Waals surface area contributed by atoms with E-state index in [4.69, 9.17) is 9.47 Å². The van der Waals surface area contributed by atoms with Crippen molar-refractivity contribution in [1.82, 2.24) is 9.80 Å². The molecule has 7 heteroatoms. The fraction of sp³-hybridized carbons (Fsp3) is 0.407. The first kappa shape index (κ1) is 25.3. The van der Waals surface area contributed by atoms with E-state index >= 15 is 0 Å². The molecule has 0 radical (unpaired) electrons. The van der Waals surface area contributed by atoms with Crippen LogP contribution in [0.5, 0.6) is 11.5 Å². The predicted molar refractivity (Wildman–Crippen MR) is 132 cm³/mol. The van der Waals surface area contributed by atoms with Crippen LogP contribution in [0, 0.1) is 13.8 Å². The highest BCUT2D eigenvalue weighted by Gasteiger charge is 2.46. The lowest BCUT2D eigenvalue weighted by Gasteiger charge is -2.27. The number of Topliss-reactive ketones (excluding diaryl/α,β-unsaturated/α-hetero) is 1. The van der Waals surface area contributed by atoms with E-state index in [0.29, 0.717) is 35.7 Å². The molecule has 2 aromatic rings. The Labute approximate surface area is 201 Å². The zero-order chi connectivity index (χ0) is 25.2. The van der Waals surface area contributed by atoms with Gasteiger partial charge in [0.25, 0.3) is 11.7 Å². The Balaban J connectivity index is 2.20. The molecular weight excluding hydrogens is 432 g/mol. The molecule has 1 atom stereocenters. The summed E-state index contributed by atoms with van der Waals surface area (Å²) < 4.78 is 11.2. The predicted octanol–water partition coefficient (Wildman–Crippen LogP) is 4.08. The van der Waals surface area contributed by atoms with Crippen molar-refractivity contribution in [3.8, 4) is 11.5 Å². The monoisotopic (exact) mass is 466 g/mol. The number of rotatable bonds is 8. The second kappa shape index (κ2) is 10.3. The summed E-state index contributed by atoms with van der Waals surface area (Å²) in [7, 11) is 5.40. The molecule has 1 N–H and O–H groups in total. The molecule has 1 fully saturated rings. The van der Waals surface area contributed by atoms with Gasteiger partial charge in [-0.15, -0.1) is 0 Å². The molecule has 0 aromatic heterocycles. The number of likely N-dealkylation sites (tertiary alicyclic amines) is 1. The molecule has 34 heavy (non-hydrogen) atoms. The van der Waals surface area contributed by atoms with Gasteiger partial charge >= 0.3 is 0 Å². The first-order valence-corrected chi connectivity index (χ1v) is 11.4. The van der Waals surface area contributed by atoms with Crippen LogP contribution >= 0.6 is 0 Å². The number of methoxy groups -OCH3 is 1. The van der Waals surface area contributed by atoms with Crippen molar-refractivity contribution in [2.75, 3.05) is 34.3 Å². The summed E-state index contributed by atoms with van der Waals surface area (Å²) in [4.78, 5) is 29.9. The minimum Gasteiger partial charge on any atom is -0.507 e. The minimum absolute atomic E-state index is 0.0275. The van der Waals surface area contributed by atoms with Crippen LogP contribution in [0.1, 0.15) is 42.1 Å². The molecule has 2 aromatic carbocycles. The Hall–Kier alpha value is -3.32. The fourth-order valence-corrected chi connectivity index (χ4v) is 4.20. The Morgan fingerprint density at radius 3 is 2.44 bits per heavy atom. The molecule has 3 rings (SSSR count). The number of amides is 1. The number of ether oxygens (including phenoxy) is 2. The summed E-state index contributed by atoms with van der Waals surface area (Å²) in [5.74, 6) is -0.164. The Morgan fingerprint density at radius 2 is 1.82 bits per heavy atom. The number of carbonyl (C=O) groups excluding carboxylic acids is 2. The molecule has 7 nitrogen and oxygen atoms in total. The summed E-state index contributed by atoms with van der Waals surface area (Å²) in [5.41, 5.74) is 2.86. The summed E-state index contributed by atoms with van der Waals surface area (Å²) in [6.45, 7) is 8.50. The van der Waals surface area contributed by atoms with E-state index in [0.717, 1.165) is 11.1 Å². The number of benzene rings is 2. The van der Waals surface area contributed by atoms with Crippen molar-refractivity contribution in [1.29, 1.82) is 0 Å². The second-order valence-corrected chi connectivity index (χ2v) is 9.17. The van der Waals surface area contributed by atoms with Gasteiger partial charge in [-0.25, -0.2) is 0 Å². The van der Waals surface area contributed by atoms with Gasteiger partial charge in [0.2, 0.25) is 0 Å². The van der Waals surface area contributed by atoms with Crippen molar-refractivity contribution in [3.05, 3.63) is 64.2 Å². The molecule has 1 aliphatic rings. The third kappa shape index (κ3) is 5.09. The van der Waals surface area contributed by atoms with Gasteiger partial charge in [0.15, 0.2) is 0 Å². The molecular formula is C27H34N2O5. The van der Waals surface area contributed by atoms with Gasteiger partial charge in [-0.3, -0.25) is 9.59 Å². The molecule has 1 unspecified atom stereocenters. The third-order valence-corrected chi connectivity index (χ3v) is 5.87. The highest BCUT2D eigenvalue weighted by atomic mass is 16.5. The van der Waals surface area contributed by atoms with Crippen LogP contribution in [-0.4, -0.2) is 67.0 Å². The molecule has 1 aliphatic heterocycles.